The topological polar surface area (TPSA) is 91.5 Å². The summed E-state index contributed by atoms with van der Waals surface area (Å²) in [5.41, 5.74) is 6.38. The molecule has 0 radical (unpaired) electrons. The molecule has 0 atom stereocenters. The van der Waals surface area contributed by atoms with Crippen molar-refractivity contribution in [2.24, 2.45) is 0 Å². The van der Waals surface area contributed by atoms with E-state index in [4.69, 9.17) is 19.9 Å². The maximum atomic E-state index is 5.98. The van der Waals surface area contributed by atoms with Crippen LogP contribution in [0.15, 0.2) is 0 Å². The van der Waals surface area contributed by atoms with Crippen LogP contribution >= 0.6 is 0 Å². The van der Waals surface area contributed by atoms with E-state index in [1.165, 1.54) is 0 Å². The average Bonchev–Trinajstić information content (AvgIpc) is 2.34. The molecule has 0 aliphatic heterocycles. The summed E-state index contributed by atoms with van der Waals surface area (Å²) in [6.45, 7) is 5.15. The molecule has 0 aromatic carbocycles. The number of methoxy groups -OCH3 is 2. The number of rotatable bonds is 8. The van der Waals surface area contributed by atoms with Gasteiger partial charge in [0.25, 0.3) is 0 Å². The summed E-state index contributed by atoms with van der Waals surface area (Å²) in [7, 11) is 3.19. The van der Waals surface area contributed by atoms with Gasteiger partial charge in [-0.25, -0.2) is 4.98 Å². The third-order valence-corrected chi connectivity index (χ3v) is 2.18. The highest BCUT2D eigenvalue weighted by Gasteiger charge is 2.13. The Hall–Kier alpha value is -1.60. The van der Waals surface area contributed by atoms with Gasteiger partial charge in [-0.1, -0.05) is 0 Å². The van der Waals surface area contributed by atoms with Gasteiger partial charge >= 0.3 is 0 Å². The van der Waals surface area contributed by atoms with Crippen LogP contribution in [-0.2, 0) is 16.1 Å². The van der Waals surface area contributed by atoms with Crippen LogP contribution < -0.4 is 15.8 Å². The van der Waals surface area contributed by atoms with Crippen molar-refractivity contribution in [1.82, 2.24) is 9.97 Å². The lowest BCUT2D eigenvalue weighted by molar-refractivity contribution is 0.142. The Balaban J connectivity index is 2.95. The Morgan fingerprint density at radius 3 is 2.47 bits per heavy atom. The van der Waals surface area contributed by atoms with Crippen molar-refractivity contribution in [2.45, 2.75) is 26.5 Å². The van der Waals surface area contributed by atoms with E-state index in [1.807, 2.05) is 13.8 Å². The second kappa shape index (κ2) is 7.75. The number of ether oxygens (including phenoxy) is 3. The van der Waals surface area contributed by atoms with Crippen LogP contribution in [0.25, 0.3) is 0 Å². The van der Waals surface area contributed by atoms with Gasteiger partial charge in [0, 0.05) is 20.3 Å². The first-order valence-electron chi connectivity index (χ1n) is 6.12. The minimum absolute atomic E-state index is 0.208. The van der Waals surface area contributed by atoms with Gasteiger partial charge in [-0.2, -0.15) is 4.98 Å². The second-order valence-corrected chi connectivity index (χ2v) is 4.28. The second-order valence-electron chi connectivity index (χ2n) is 4.28. The van der Waals surface area contributed by atoms with Crippen molar-refractivity contribution >= 4 is 11.5 Å². The van der Waals surface area contributed by atoms with E-state index < -0.39 is 0 Å². The zero-order chi connectivity index (χ0) is 14.3. The van der Waals surface area contributed by atoms with Crippen molar-refractivity contribution < 1.29 is 14.2 Å². The van der Waals surface area contributed by atoms with E-state index in [0.29, 0.717) is 43.0 Å². The van der Waals surface area contributed by atoms with Gasteiger partial charge in [-0.15, -0.1) is 0 Å². The first-order chi connectivity index (χ1) is 9.08. The molecule has 19 heavy (non-hydrogen) atoms. The molecule has 1 aromatic rings. The van der Waals surface area contributed by atoms with Crippen LogP contribution in [0.1, 0.15) is 19.7 Å². The maximum Gasteiger partial charge on any atom is 0.243 e. The van der Waals surface area contributed by atoms with E-state index >= 15 is 0 Å². The molecule has 0 fully saturated rings. The molecule has 0 amide bonds. The van der Waals surface area contributed by atoms with Crippen LogP contribution in [0.4, 0.5) is 11.5 Å². The lowest BCUT2D eigenvalue weighted by Crippen LogP contribution is -2.16. The van der Waals surface area contributed by atoms with Crippen LogP contribution in [0.5, 0.6) is 5.88 Å². The Morgan fingerprint density at radius 2 is 1.89 bits per heavy atom. The number of nitrogen functional groups attached to an aromatic ring is 1. The van der Waals surface area contributed by atoms with Crippen LogP contribution in [0.3, 0.4) is 0 Å². The maximum absolute atomic E-state index is 5.98. The highest BCUT2D eigenvalue weighted by atomic mass is 16.5. The van der Waals surface area contributed by atoms with E-state index in [9.17, 15) is 0 Å². The van der Waals surface area contributed by atoms with Crippen molar-refractivity contribution in [1.29, 1.82) is 0 Å². The first-order valence-corrected chi connectivity index (χ1v) is 6.12. The number of hydrogen-bond donors (Lipinski definition) is 2. The van der Waals surface area contributed by atoms with Gasteiger partial charge in [0.05, 0.1) is 6.61 Å². The minimum Gasteiger partial charge on any atom is -0.474 e. The smallest absolute Gasteiger partial charge is 0.243 e. The number of aromatic nitrogens is 2. The summed E-state index contributed by atoms with van der Waals surface area (Å²) in [4.78, 5) is 8.53. The Bertz CT molecular complexity index is 399. The molecule has 3 N–H and O–H groups in total. The van der Waals surface area contributed by atoms with E-state index in [-0.39, 0.29) is 6.04 Å². The molecular formula is C12H22N4O3. The first kappa shape index (κ1) is 15.5. The largest absolute Gasteiger partial charge is 0.474 e. The predicted molar refractivity (Wildman–Crippen MR) is 73.3 cm³/mol. The Morgan fingerprint density at radius 1 is 1.16 bits per heavy atom. The van der Waals surface area contributed by atoms with Gasteiger partial charge in [-0.05, 0) is 13.8 Å². The van der Waals surface area contributed by atoms with E-state index in [2.05, 4.69) is 15.3 Å². The molecule has 0 aliphatic carbocycles. The molecule has 7 heteroatoms. The molecule has 0 saturated carbocycles. The fourth-order valence-corrected chi connectivity index (χ4v) is 1.40. The molecule has 0 aliphatic rings. The van der Waals surface area contributed by atoms with Gasteiger partial charge < -0.3 is 25.3 Å². The Kier molecular flexibility index (Phi) is 6.31. The average molecular weight is 270 g/mol. The van der Waals surface area contributed by atoms with Gasteiger partial charge in [-0.3, -0.25) is 0 Å². The van der Waals surface area contributed by atoms with E-state index in [0.717, 1.165) is 0 Å². The molecule has 7 nitrogen and oxygen atoms in total. The predicted octanol–water partition coefficient (Wildman–Crippen LogP) is 1.05. The van der Waals surface area contributed by atoms with Gasteiger partial charge in [0.2, 0.25) is 5.88 Å². The van der Waals surface area contributed by atoms with Crippen LogP contribution in [0.2, 0.25) is 0 Å². The number of nitrogens with zero attached hydrogens (tertiary/aromatic N) is 2. The van der Waals surface area contributed by atoms with Gasteiger partial charge in [0.15, 0.2) is 11.6 Å². The normalized spacial score (nSPS) is 10.8. The molecule has 0 saturated heterocycles. The summed E-state index contributed by atoms with van der Waals surface area (Å²) in [5, 5.41) is 3.16. The van der Waals surface area contributed by atoms with Crippen molar-refractivity contribution in [3.05, 3.63) is 5.82 Å². The summed E-state index contributed by atoms with van der Waals surface area (Å²) in [6.07, 6.45) is 0. The molecule has 1 rings (SSSR count). The van der Waals surface area contributed by atoms with E-state index in [1.54, 1.807) is 14.2 Å². The van der Waals surface area contributed by atoms with Crippen LogP contribution in [-0.4, -0.2) is 43.4 Å². The fourth-order valence-electron chi connectivity index (χ4n) is 1.40. The standard InChI is InChI=1S/C12H22N4O3/c1-8(2)14-11-10(13)12(19-6-5-17-3)16-9(15-11)7-18-4/h8H,5-7,13H2,1-4H3,(H,14,15,16). The molecule has 0 bridgehead atoms. The molecular weight excluding hydrogens is 248 g/mol. The molecule has 1 heterocycles. The lowest BCUT2D eigenvalue weighted by atomic mass is 10.3. The molecule has 0 unspecified atom stereocenters. The van der Waals surface area contributed by atoms with Crippen molar-refractivity contribution in [3.8, 4) is 5.88 Å². The summed E-state index contributed by atoms with van der Waals surface area (Å²) < 4.78 is 15.5. The molecule has 0 spiro atoms. The van der Waals surface area contributed by atoms with Gasteiger partial charge in [0.1, 0.15) is 18.9 Å². The third kappa shape index (κ3) is 4.88. The third-order valence-electron chi connectivity index (χ3n) is 2.18. The molecule has 108 valence electrons. The highest BCUT2D eigenvalue weighted by molar-refractivity contribution is 5.67. The number of hydrogen-bond acceptors (Lipinski definition) is 7. The minimum atomic E-state index is 0.208. The summed E-state index contributed by atoms with van der Waals surface area (Å²) in [6, 6.07) is 0.208. The highest BCUT2D eigenvalue weighted by Crippen LogP contribution is 2.26. The van der Waals surface area contributed by atoms with Crippen LogP contribution in [0, 0.1) is 0 Å². The zero-order valence-corrected chi connectivity index (χ0v) is 11.9. The number of anilines is 2. The Labute approximate surface area is 113 Å². The molecule has 1 aromatic heterocycles. The number of nitrogens with one attached hydrogen (secondary N) is 1. The zero-order valence-electron chi connectivity index (χ0n) is 11.9. The fraction of sp³-hybridized carbons (Fsp3) is 0.667. The van der Waals surface area contributed by atoms with Crippen molar-refractivity contribution in [2.75, 3.05) is 38.5 Å². The number of nitrogens with two attached hydrogens (primary N) is 1. The summed E-state index contributed by atoms with van der Waals surface area (Å²) in [5.74, 6) is 1.43. The quantitative estimate of drug-likeness (QED) is 0.682. The monoisotopic (exact) mass is 270 g/mol. The SMILES string of the molecule is COCCOc1nc(COC)nc(NC(C)C)c1N. The summed E-state index contributed by atoms with van der Waals surface area (Å²) >= 11 is 0. The van der Waals surface area contributed by atoms with Crippen molar-refractivity contribution in [3.63, 3.8) is 0 Å². The lowest BCUT2D eigenvalue weighted by Gasteiger charge is -2.15.